The Bertz CT molecular complexity index is 376. The van der Waals surface area contributed by atoms with Gasteiger partial charge in [-0.3, -0.25) is 4.79 Å². The number of unbranched alkanes of at least 4 members (excludes halogenated alkanes) is 4. The average molecular weight is 249 g/mol. The lowest BCUT2D eigenvalue weighted by atomic mass is 10.2. The normalized spacial score (nSPS) is 14.5. The minimum atomic E-state index is -0.572. The molecule has 0 N–H and O–H groups in total. The van der Waals surface area contributed by atoms with Crippen molar-refractivity contribution in [3.63, 3.8) is 0 Å². The molecule has 0 spiro atoms. The van der Waals surface area contributed by atoms with E-state index in [0.717, 1.165) is 17.7 Å². The van der Waals surface area contributed by atoms with E-state index >= 15 is 0 Å². The summed E-state index contributed by atoms with van der Waals surface area (Å²) in [5.41, 5.74) is 0. The summed E-state index contributed by atoms with van der Waals surface area (Å²) >= 11 is 0. The molecule has 1 rings (SSSR count). The number of amides is 2. The molecule has 4 nitrogen and oxygen atoms in total. The molecule has 4 heteroatoms. The summed E-state index contributed by atoms with van der Waals surface area (Å²) in [4.78, 5) is 23.6. The van der Waals surface area contributed by atoms with Gasteiger partial charge in [0.2, 0.25) is 0 Å². The van der Waals surface area contributed by atoms with Crippen molar-refractivity contribution in [2.24, 2.45) is 0 Å². The Morgan fingerprint density at radius 2 is 2.28 bits per heavy atom. The molecule has 0 aliphatic carbocycles. The third-order valence-electron chi connectivity index (χ3n) is 2.59. The first-order valence-corrected chi connectivity index (χ1v) is 6.39. The number of hydrogen-bond acceptors (Lipinski definition) is 3. The summed E-state index contributed by atoms with van der Waals surface area (Å²) in [5, 5.41) is 0. The second-order valence-electron chi connectivity index (χ2n) is 4.07. The Hall–Kier alpha value is -1.76. The van der Waals surface area contributed by atoms with Crippen LogP contribution >= 0.6 is 0 Å². The van der Waals surface area contributed by atoms with E-state index in [1.165, 1.54) is 31.4 Å². The summed E-state index contributed by atoms with van der Waals surface area (Å²) in [6.45, 7) is 2.78. The molecule has 0 saturated carbocycles. The number of allylic oxidation sites excluding steroid dienone is 1. The summed E-state index contributed by atoms with van der Waals surface area (Å²) in [7, 11) is 0. The fraction of sp³-hybridized carbons (Fsp3) is 0.571. The van der Waals surface area contributed by atoms with Crippen molar-refractivity contribution in [2.75, 3.05) is 13.2 Å². The molecule has 1 heterocycles. The second kappa shape index (κ2) is 8.35. The van der Waals surface area contributed by atoms with Crippen molar-refractivity contribution in [2.45, 2.75) is 39.0 Å². The van der Waals surface area contributed by atoms with Gasteiger partial charge in [-0.1, -0.05) is 38.0 Å². The van der Waals surface area contributed by atoms with Gasteiger partial charge in [0.15, 0.2) is 0 Å². The van der Waals surface area contributed by atoms with E-state index in [9.17, 15) is 9.59 Å². The zero-order valence-electron chi connectivity index (χ0n) is 10.8. The van der Waals surface area contributed by atoms with Crippen molar-refractivity contribution in [1.29, 1.82) is 0 Å². The van der Waals surface area contributed by atoms with Gasteiger partial charge in [-0.2, -0.15) is 0 Å². The van der Waals surface area contributed by atoms with Gasteiger partial charge in [0.05, 0.1) is 6.54 Å². The quantitative estimate of drug-likeness (QED) is 0.427. The Morgan fingerprint density at radius 3 is 2.94 bits per heavy atom. The smallest absolute Gasteiger partial charge is 0.416 e. The predicted octanol–water partition coefficient (Wildman–Crippen LogP) is 2.50. The van der Waals surface area contributed by atoms with Crippen molar-refractivity contribution in [3.8, 4) is 11.8 Å². The average Bonchev–Trinajstić information content (AvgIpc) is 2.79. The number of carbonyl (C=O) groups is 2. The van der Waals surface area contributed by atoms with E-state index in [4.69, 9.17) is 0 Å². The van der Waals surface area contributed by atoms with Crippen LogP contribution in [0.3, 0.4) is 0 Å². The molecule has 0 aromatic carbocycles. The van der Waals surface area contributed by atoms with Gasteiger partial charge in [-0.25, -0.2) is 9.69 Å². The first-order valence-electron chi connectivity index (χ1n) is 6.39. The van der Waals surface area contributed by atoms with E-state index in [2.05, 4.69) is 23.5 Å². The van der Waals surface area contributed by atoms with Crippen molar-refractivity contribution in [3.05, 3.63) is 12.2 Å². The van der Waals surface area contributed by atoms with E-state index in [1.807, 2.05) is 0 Å². The highest BCUT2D eigenvalue weighted by molar-refractivity contribution is 5.99. The topological polar surface area (TPSA) is 46.6 Å². The number of nitrogens with zero attached hydrogens (tertiary/aromatic N) is 1. The summed E-state index contributed by atoms with van der Waals surface area (Å²) in [6.07, 6.45) is 7.84. The highest BCUT2D eigenvalue weighted by Gasteiger charge is 2.26. The van der Waals surface area contributed by atoms with Crippen molar-refractivity contribution >= 4 is 12.0 Å². The van der Waals surface area contributed by atoms with Crippen LogP contribution in [-0.4, -0.2) is 30.1 Å². The fourth-order valence-electron chi connectivity index (χ4n) is 1.57. The lowest BCUT2D eigenvalue weighted by molar-refractivity contribution is -0.122. The third-order valence-corrected chi connectivity index (χ3v) is 2.59. The van der Waals surface area contributed by atoms with E-state index in [1.54, 1.807) is 0 Å². The minimum Gasteiger partial charge on any atom is -0.447 e. The summed E-state index contributed by atoms with van der Waals surface area (Å²) in [5.74, 6) is 5.42. The second-order valence-corrected chi connectivity index (χ2v) is 4.07. The van der Waals surface area contributed by atoms with E-state index in [-0.39, 0.29) is 12.5 Å². The molecule has 98 valence electrons. The number of ether oxygens (including phenoxy) is 1. The molecule has 0 unspecified atom stereocenters. The summed E-state index contributed by atoms with van der Waals surface area (Å²) in [6, 6.07) is 0. The van der Waals surface area contributed by atoms with Crippen LogP contribution in [0.1, 0.15) is 39.0 Å². The Labute approximate surface area is 108 Å². The maximum atomic E-state index is 11.5. The molecule has 2 amide bonds. The van der Waals surface area contributed by atoms with Gasteiger partial charge in [0.25, 0.3) is 5.91 Å². The lowest BCUT2D eigenvalue weighted by Crippen LogP contribution is -2.29. The number of carbonyl (C=O) groups excluding carboxylic acids is 2. The van der Waals surface area contributed by atoms with E-state index < -0.39 is 6.09 Å². The van der Waals surface area contributed by atoms with Gasteiger partial charge in [-0.15, -0.1) is 0 Å². The molecular formula is C14H19NO3. The largest absolute Gasteiger partial charge is 0.447 e. The van der Waals surface area contributed by atoms with Crippen LogP contribution in [0.5, 0.6) is 0 Å². The van der Waals surface area contributed by atoms with Crippen molar-refractivity contribution < 1.29 is 14.3 Å². The molecule has 1 aliphatic rings. The molecule has 18 heavy (non-hydrogen) atoms. The molecule has 0 radical (unpaired) electrons. The number of cyclic esters (lactones) is 1. The first kappa shape index (κ1) is 14.3. The molecule has 1 aliphatic heterocycles. The van der Waals surface area contributed by atoms with Crippen LogP contribution in [0.15, 0.2) is 12.2 Å². The van der Waals surface area contributed by atoms with Crippen LogP contribution in [0, 0.1) is 11.8 Å². The predicted molar refractivity (Wildman–Crippen MR) is 68.7 cm³/mol. The molecule has 1 fully saturated rings. The van der Waals surface area contributed by atoms with Crippen LogP contribution in [0.4, 0.5) is 4.79 Å². The molecule has 0 aromatic rings. The van der Waals surface area contributed by atoms with Crippen LogP contribution in [-0.2, 0) is 9.53 Å². The number of rotatable bonds is 5. The maximum absolute atomic E-state index is 11.5. The van der Waals surface area contributed by atoms with E-state index in [0.29, 0.717) is 6.54 Å². The monoisotopic (exact) mass is 249 g/mol. The standard InChI is InChI=1S/C14H19NO3/c1-2-3-4-5-6-7-8-9-10-13(16)15-11-12-18-14(15)17/h9-10H,2-6,11-12H2,1H3/b10-9+. The van der Waals surface area contributed by atoms with Crippen LogP contribution in [0.25, 0.3) is 0 Å². The van der Waals surface area contributed by atoms with Gasteiger partial charge in [-0.05, 0) is 12.5 Å². The zero-order valence-corrected chi connectivity index (χ0v) is 10.8. The maximum Gasteiger partial charge on any atom is 0.416 e. The highest BCUT2D eigenvalue weighted by atomic mass is 16.6. The Morgan fingerprint density at radius 1 is 1.44 bits per heavy atom. The Kier molecular flexibility index (Phi) is 6.63. The van der Waals surface area contributed by atoms with Crippen molar-refractivity contribution in [1.82, 2.24) is 4.90 Å². The first-order chi connectivity index (χ1) is 8.75. The zero-order chi connectivity index (χ0) is 13.2. The SMILES string of the molecule is CCCCCCC#C/C=C/C(=O)N1CCOC1=O. The van der Waals surface area contributed by atoms with Gasteiger partial charge in [0.1, 0.15) is 6.61 Å². The van der Waals surface area contributed by atoms with Crippen LogP contribution in [0.2, 0.25) is 0 Å². The third kappa shape index (κ3) is 5.05. The molecule has 1 saturated heterocycles. The minimum absolute atomic E-state index is 0.279. The molecule has 0 bridgehead atoms. The van der Waals surface area contributed by atoms with Gasteiger partial charge >= 0.3 is 6.09 Å². The van der Waals surface area contributed by atoms with Gasteiger partial charge < -0.3 is 4.74 Å². The number of hydrogen-bond donors (Lipinski definition) is 0. The fourth-order valence-corrected chi connectivity index (χ4v) is 1.57. The highest BCUT2D eigenvalue weighted by Crippen LogP contribution is 2.04. The van der Waals surface area contributed by atoms with Gasteiger partial charge in [0, 0.05) is 12.5 Å². The molecular weight excluding hydrogens is 230 g/mol. The number of imide groups is 1. The Balaban J connectivity index is 2.21. The summed E-state index contributed by atoms with van der Waals surface area (Å²) < 4.78 is 4.67. The molecule has 0 atom stereocenters. The lowest BCUT2D eigenvalue weighted by Gasteiger charge is -2.05. The van der Waals surface area contributed by atoms with Crippen LogP contribution < -0.4 is 0 Å². The molecule has 0 aromatic heterocycles.